The van der Waals surface area contributed by atoms with E-state index in [-0.39, 0.29) is 18.5 Å². The van der Waals surface area contributed by atoms with Crippen LogP contribution in [0.3, 0.4) is 0 Å². The average molecular weight is 443 g/mol. The number of likely N-dealkylation sites (tertiary alicyclic amines) is 1. The van der Waals surface area contributed by atoms with E-state index >= 15 is 0 Å². The summed E-state index contributed by atoms with van der Waals surface area (Å²) < 4.78 is 7.28. The number of benzene rings is 1. The molecule has 0 saturated carbocycles. The van der Waals surface area contributed by atoms with E-state index in [9.17, 15) is 4.79 Å². The number of fused-ring (bicyclic) bond motifs is 1. The third-order valence-electron chi connectivity index (χ3n) is 6.12. The third kappa shape index (κ3) is 4.17. The fourth-order valence-electron chi connectivity index (χ4n) is 4.49. The Bertz CT molecular complexity index is 1270. The number of methoxy groups -OCH3 is 1. The molecular formula is C25H26N6O2. The average Bonchev–Trinajstić information content (AvgIpc) is 3.46. The summed E-state index contributed by atoms with van der Waals surface area (Å²) in [5, 5.41) is 0. The van der Waals surface area contributed by atoms with Gasteiger partial charge in [-0.1, -0.05) is 18.2 Å². The van der Waals surface area contributed by atoms with E-state index in [2.05, 4.69) is 9.97 Å². The molecule has 168 valence electrons. The number of aromatic nitrogens is 4. The number of nitrogens with two attached hydrogens (primary N) is 1. The summed E-state index contributed by atoms with van der Waals surface area (Å²) in [5.74, 6) is 1.30. The van der Waals surface area contributed by atoms with Crippen molar-refractivity contribution in [3.63, 3.8) is 0 Å². The van der Waals surface area contributed by atoms with Crippen LogP contribution in [0.1, 0.15) is 30.4 Å². The van der Waals surface area contributed by atoms with Crippen molar-refractivity contribution >= 4 is 22.8 Å². The molecule has 8 heteroatoms. The van der Waals surface area contributed by atoms with E-state index in [1.807, 2.05) is 58.1 Å². The first-order valence-corrected chi connectivity index (χ1v) is 11.0. The normalized spacial score (nSPS) is 15.9. The predicted octanol–water partition coefficient (Wildman–Crippen LogP) is 3.59. The zero-order chi connectivity index (χ0) is 22.8. The molecule has 1 amide bonds. The van der Waals surface area contributed by atoms with Gasteiger partial charge in [-0.25, -0.2) is 9.97 Å². The van der Waals surface area contributed by atoms with Crippen LogP contribution < -0.4 is 5.73 Å². The van der Waals surface area contributed by atoms with Gasteiger partial charge in [-0.3, -0.25) is 9.78 Å². The molecule has 3 aromatic heterocycles. The van der Waals surface area contributed by atoms with Gasteiger partial charge in [0.1, 0.15) is 24.8 Å². The zero-order valence-corrected chi connectivity index (χ0v) is 18.5. The van der Waals surface area contributed by atoms with Crippen molar-refractivity contribution in [2.45, 2.75) is 32.0 Å². The summed E-state index contributed by atoms with van der Waals surface area (Å²) in [7, 11) is 1.64. The minimum Gasteiger partial charge on any atom is -0.384 e. The monoisotopic (exact) mass is 442 g/mol. The van der Waals surface area contributed by atoms with E-state index < -0.39 is 0 Å². The number of amides is 1. The molecular weight excluding hydrogens is 416 g/mol. The van der Waals surface area contributed by atoms with Crippen LogP contribution in [0.5, 0.6) is 0 Å². The van der Waals surface area contributed by atoms with Crippen LogP contribution in [0.25, 0.3) is 22.2 Å². The van der Waals surface area contributed by atoms with Gasteiger partial charge in [0.25, 0.3) is 0 Å². The maximum absolute atomic E-state index is 13.4. The molecule has 1 aliphatic heterocycles. The van der Waals surface area contributed by atoms with Gasteiger partial charge >= 0.3 is 0 Å². The largest absolute Gasteiger partial charge is 0.384 e. The van der Waals surface area contributed by atoms with Crippen molar-refractivity contribution in [3.05, 3.63) is 72.4 Å². The topological polar surface area (TPSA) is 99.2 Å². The number of imidazole rings is 1. The van der Waals surface area contributed by atoms with Crippen molar-refractivity contribution in [1.29, 1.82) is 0 Å². The SMILES string of the molecule is COCc1nc2ccccc2n1CC(=O)N1CCC[C@@H]1c1ccc(-c2ccc(N)nc2)cn1. The second kappa shape index (κ2) is 8.99. The maximum atomic E-state index is 13.4. The molecule has 1 saturated heterocycles. The summed E-state index contributed by atoms with van der Waals surface area (Å²) in [6.07, 6.45) is 5.43. The Morgan fingerprint density at radius 3 is 2.61 bits per heavy atom. The fourth-order valence-corrected chi connectivity index (χ4v) is 4.49. The Morgan fingerprint density at radius 2 is 1.88 bits per heavy atom. The number of nitrogens with zero attached hydrogens (tertiary/aromatic N) is 5. The minimum atomic E-state index is -0.0308. The van der Waals surface area contributed by atoms with Gasteiger partial charge in [0.15, 0.2) is 0 Å². The van der Waals surface area contributed by atoms with Gasteiger partial charge in [-0.15, -0.1) is 0 Å². The van der Waals surface area contributed by atoms with Gasteiger partial charge in [0.2, 0.25) is 5.91 Å². The lowest BCUT2D eigenvalue weighted by Crippen LogP contribution is -2.34. The molecule has 0 radical (unpaired) electrons. The van der Waals surface area contributed by atoms with Crippen molar-refractivity contribution in [1.82, 2.24) is 24.4 Å². The molecule has 2 N–H and O–H groups in total. The first kappa shape index (κ1) is 21.1. The van der Waals surface area contributed by atoms with Crippen LogP contribution in [-0.2, 0) is 22.7 Å². The van der Waals surface area contributed by atoms with E-state index in [1.165, 1.54) is 0 Å². The van der Waals surface area contributed by atoms with Gasteiger partial charge in [-0.2, -0.15) is 0 Å². The number of hydrogen-bond acceptors (Lipinski definition) is 6. The number of ether oxygens (including phenoxy) is 1. The van der Waals surface area contributed by atoms with Gasteiger partial charge in [0.05, 0.1) is 22.8 Å². The molecule has 1 aliphatic rings. The van der Waals surface area contributed by atoms with E-state index in [0.29, 0.717) is 12.4 Å². The molecule has 1 fully saturated rings. The number of anilines is 1. The van der Waals surface area contributed by atoms with Crippen molar-refractivity contribution in [2.75, 3.05) is 19.4 Å². The number of carbonyl (C=O) groups excluding carboxylic acids is 1. The summed E-state index contributed by atoms with van der Waals surface area (Å²) in [6, 6.07) is 15.6. The van der Waals surface area contributed by atoms with Crippen LogP contribution in [-0.4, -0.2) is 44.0 Å². The maximum Gasteiger partial charge on any atom is 0.243 e. The van der Waals surface area contributed by atoms with E-state index in [0.717, 1.165) is 53.1 Å². The van der Waals surface area contributed by atoms with Crippen LogP contribution in [0.15, 0.2) is 60.9 Å². The van der Waals surface area contributed by atoms with E-state index in [4.69, 9.17) is 15.5 Å². The van der Waals surface area contributed by atoms with E-state index in [1.54, 1.807) is 19.4 Å². The Labute approximate surface area is 192 Å². The van der Waals surface area contributed by atoms with Gasteiger partial charge < -0.3 is 19.9 Å². The summed E-state index contributed by atoms with van der Waals surface area (Å²) in [5.41, 5.74) is 10.3. The molecule has 5 rings (SSSR count). The standard InChI is InChI=1S/C25H26N6O2/c1-33-16-24-29-20-5-2-3-6-22(20)31(24)15-25(32)30-12-4-7-21(30)19-10-8-17(13-27-19)18-9-11-23(26)28-14-18/h2-3,5-6,8-11,13-14,21H,4,7,12,15-16H2,1H3,(H2,26,28)/t21-/m1/s1. The van der Waals surface area contributed by atoms with Gasteiger partial charge in [-0.05, 0) is 43.2 Å². The molecule has 8 nitrogen and oxygen atoms in total. The number of rotatable bonds is 6. The van der Waals surface area contributed by atoms with Crippen molar-refractivity contribution in [3.8, 4) is 11.1 Å². The highest BCUT2D eigenvalue weighted by Gasteiger charge is 2.31. The molecule has 0 unspecified atom stereocenters. The van der Waals surface area contributed by atoms with Crippen molar-refractivity contribution in [2.24, 2.45) is 0 Å². The highest BCUT2D eigenvalue weighted by atomic mass is 16.5. The lowest BCUT2D eigenvalue weighted by Gasteiger charge is -2.25. The Kier molecular flexibility index (Phi) is 5.75. The van der Waals surface area contributed by atoms with Crippen molar-refractivity contribution < 1.29 is 9.53 Å². The minimum absolute atomic E-state index is 0.0308. The number of hydrogen-bond donors (Lipinski definition) is 1. The van der Waals surface area contributed by atoms with Crippen LogP contribution in [0, 0.1) is 0 Å². The molecule has 4 heterocycles. The smallest absolute Gasteiger partial charge is 0.243 e. The molecule has 1 aromatic carbocycles. The highest BCUT2D eigenvalue weighted by molar-refractivity contribution is 5.81. The lowest BCUT2D eigenvalue weighted by atomic mass is 10.1. The second-order valence-corrected chi connectivity index (χ2v) is 8.22. The number of nitrogen functional groups attached to an aromatic ring is 1. The Morgan fingerprint density at radius 1 is 1.09 bits per heavy atom. The lowest BCUT2D eigenvalue weighted by molar-refractivity contribution is -0.132. The molecule has 4 aromatic rings. The number of carbonyl (C=O) groups is 1. The second-order valence-electron chi connectivity index (χ2n) is 8.22. The molecule has 0 bridgehead atoms. The van der Waals surface area contributed by atoms with Gasteiger partial charge in [0, 0.05) is 37.2 Å². The molecule has 1 atom stereocenters. The molecule has 33 heavy (non-hydrogen) atoms. The highest BCUT2D eigenvalue weighted by Crippen LogP contribution is 2.32. The molecule has 0 aliphatic carbocycles. The summed E-state index contributed by atoms with van der Waals surface area (Å²) in [4.78, 5) is 28.8. The predicted molar refractivity (Wildman–Crippen MR) is 126 cm³/mol. The Balaban J connectivity index is 1.37. The van der Waals surface area contributed by atoms with Crippen LogP contribution >= 0.6 is 0 Å². The quantitative estimate of drug-likeness (QED) is 0.490. The first-order chi connectivity index (χ1) is 16.1. The zero-order valence-electron chi connectivity index (χ0n) is 18.5. The Hall–Kier alpha value is -3.78. The molecule has 0 spiro atoms. The van der Waals surface area contributed by atoms with Crippen LogP contribution in [0.4, 0.5) is 5.82 Å². The first-order valence-electron chi connectivity index (χ1n) is 11.0. The van der Waals surface area contributed by atoms with Crippen LogP contribution in [0.2, 0.25) is 0 Å². The summed E-state index contributed by atoms with van der Waals surface area (Å²) in [6.45, 7) is 1.31. The third-order valence-corrected chi connectivity index (χ3v) is 6.12. The fraction of sp³-hybridized carbons (Fsp3) is 0.280. The summed E-state index contributed by atoms with van der Waals surface area (Å²) >= 11 is 0. The number of para-hydroxylation sites is 2. The number of pyridine rings is 2.